The van der Waals surface area contributed by atoms with E-state index < -0.39 is 5.91 Å². The van der Waals surface area contributed by atoms with Gasteiger partial charge in [-0.1, -0.05) is 17.7 Å². The number of hydrogen-bond donors (Lipinski definition) is 1. The second-order valence-electron chi connectivity index (χ2n) is 4.70. The van der Waals surface area contributed by atoms with Gasteiger partial charge in [0.25, 0.3) is 5.91 Å². The molecule has 0 unspecified atom stereocenters. The Kier molecular flexibility index (Phi) is 4.87. The van der Waals surface area contributed by atoms with E-state index in [1.165, 1.54) is 6.08 Å². The molecule has 1 aromatic carbocycles. The van der Waals surface area contributed by atoms with Crippen molar-refractivity contribution in [1.82, 2.24) is 0 Å². The zero-order valence-electron chi connectivity index (χ0n) is 12.1. The highest BCUT2D eigenvalue weighted by atomic mass is 35.5. The van der Waals surface area contributed by atoms with Crippen LogP contribution >= 0.6 is 11.6 Å². The summed E-state index contributed by atoms with van der Waals surface area (Å²) in [5, 5.41) is 12.3. The van der Waals surface area contributed by atoms with E-state index >= 15 is 0 Å². The van der Waals surface area contributed by atoms with Crippen LogP contribution in [-0.2, 0) is 4.79 Å². The van der Waals surface area contributed by atoms with Crippen LogP contribution in [-0.4, -0.2) is 20.0 Å². The molecular formula is C16H14ClN3O2. The van der Waals surface area contributed by atoms with E-state index in [0.29, 0.717) is 22.4 Å². The average molecular weight is 316 g/mol. The van der Waals surface area contributed by atoms with Crippen LogP contribution in [0.3, 0.4) is 0 Å². The van der Waals surface area contributed by atoms with Gasteiger partial charge in [-0.05, 0) is 24.3 Å². The van der Waals surface area contributed by atoms with E-state index in [1.807, 2.05) is 20.2 Å². The molecule has 0 saturated carbocycles. The maximum Gasteiger partial charge on any atom is 0.266 e. The number of amides is 1. The summed E-state index contributed by atoms with van der Waals surface area (Å²) in [6, 6.07) is 12.0. The number of hydrogen-bond acceptors (Lipinski definition) is 4. The fraction of sp³-hybridized carbons (Fsp3) is 0.125. The Labute approximate surface area is 133 Å². The Balaban J connectivity index is 2.18. The fourth-order valence-electron chi connectivity index (χ4n) is 1.72. The summed E-state index contributed by atoms with van der Waals surface area (Å²) in [7, 11) is 3.67. The van der Waals surface area contributed by atoms with E-state index in [-0.39, 0.29) is 5.57 Å². The minimum atomic E-state index is -0.521. The van der Waals surface area contributed by atoms with Gasteiger partial charge in [-0.3, -0.25) is 4.79 Å². The lowest BCUT2D eigenvalue weighted by atomic mass is 10.2. The first kappa shape index (κ1) is 15.7. The molecule has 1 aromatic heterocycles. The number of nitrogens with zero attached hydrogens (tertiary/aromatic N) is 2. The highest BCUT2D eigenvalue weighted by Gasteiger charge is 2.11. The predicted molar refractivity (Wildman–Crippen MR) is 86.7 cm³/mol. The second-order valence-corrected chi connectivity index (χ2v) is 5.14. The number of carbonyl (C=O) groups is 1. The molecule has 0 atom stereocenters. The lowest BCUT2D eigenvalue weighted by Crippen LogP contribution is -2.13. The first-order chi connectivity index (χ1) is 10.5. The fourth-order valence-corrected chi connectivity index (χ4v) is 1.91. The van der Waals surface area contributed by atoms with Crippen molar-refractivity contribution in [2.75, 3.05) is 24.3 Å². The molecule has 1 heterocycles. The summed E-state index contributed by atoms with van der Waals surface area (Å²) in [5.41, 5.74) is 0.465. The Morgan fingerprint density at radius 2 is 2.14 bits per heavy atom. The molecule has 2 aromatic rings. The van der Waals surface area contributed by atoms with Crippen molar-refractivity contribution >= 4 is 35.2 Å². The third-order valence-electron chi connectivity index (χ3n) is 2.79. The van der Waals surface area contributed by atoms with Crippen molar-refractivity contribution in [1.29, 1.82) is 5.26 Å². The van der Waals surface area contributed by atoms with Crippen molar-refractivity contribution in [2.24, 2.45) is 0 Å². The molecule has 0 spiro atoms. The Hall–Kier alpha value is -2.71. The molecule has 6 heteroatoms. The molecule has 0 aliphatic rings. The highest BCUT2D eigenvalue weighted by molar-refractivity contribution is 6.31. The minimum absolute atomic E-state index is 0.0559. The molecule has 22 heavy (non-hydrogen) atoms. The van der Waals surface area contributed by atoms with Crippen molar-refractivity contribution in [2.45, 2.75) is 0 Å². The first-order valence-electron chi connectivity index (χ1n) is 6.45. The van der Waals surface area contributed by atoms with Gasteiger partial charge in [-0.2, -0.15) is 5.26 Å². The minimum Gasteiger partial charge on any atom is -0.441 e. The average Bonchev–Trinajstić information content (AvgIpc) is 2.93. The van der Waals surface area contributed by atoms with Gasteiger partial charge in [0.1, 0.15) is 17.4 Å². The highest BCUT2D eigenvalue weighted by Crippen LogP contribution is 2.19. The summed E-state index contributed by atoms with van der Waals surface area (Å²) in [5.74, 6) is 0.549. The van der Waals surface area contributed by atoms with Gasteiger partial charge in [-0.15, -0.1) is 0 Å². The van der Waals surface area contributed by atoms with E-state index in [2.05, 4.69) is 5.32 Å². The molecule has 0 aliphatic heterocycles. The van der Waals surface area contributed by atoms with Gasteiger partial charge < -0.3 is 14.6 Å². The monoisotopic (exact) mass is 315 g/mol. The lowest BCUT2D eigenvalue weighted by molar-refractivity contribution is -0.112. The van der Waals surface area contributed by atoms with Crippen LogP contribution < -0.4 is 10.2 Å². The Morgan fingerprint density at radius 3 is 2.73 bits per heavy atom. The van der Waals surface area contributed by atoms with E-state index in [9.17, 15) is 4.79 Å². The molecule has 0 fully saturated rings. The second kappa shape index (κ2) is 6.83. The quantitative estimate of drug-likeness (QED) is 0.692. The Morgan fingerprint density at radius 1 is 1.36 bits per heavy atom. The normalized spacial score (nSPS) is 10.9. The number of rotatable bonds is 4. The maximum absolute atomic E-state index is 12.1. The summed E-state index contributed by atoms with van der Waals surface area (Å²) in [4.78, 5) is 13.9. The SMILES string of the molecule is CN(C)c1ccc(/C=C(\C#N)C(=O)Nc2cccc(Cl)c2)o1. The molecule has 0 saturated heterocycles. The van der Waals surface area contributed by atoms with Crippen LogP contribution in [0.15, 0.2) is 46.4 Å². The first-order valence-corrected chi connectivity index (χ1v) is 6.83. The van der Waals surface area contributed by atoms with E-state index in [0.717, 1.165) is 0 Å². The molecule has 1 N–H and O–H groups in total. The van der Waals surface area contributed by atoms with Gasteiger partial charge in [0.2, 0.25) is 0 Å². The van der Waals surface area contributed by atoms with Crippen molar-refractivity contribution in [3.63, 3.8) is 0 Å². The number of anilines is 2. The third kappa shape index (κ3) is 3.90. The number of carbonyl (C=O) groups excluding carboxylic acids is 1. The molecule has 1 amide bonds. The lowest BCUT2D eigenvalue weighted by Gasteiger charge is -2.06. The van der Waals surface area contributed by atoms with Crippen LogP contribution in [0.4, 0.5) is 11.6 Å². The molecule has 112 valence electrons. The van der Waals surface area contributed by atoms with Crippen LogP contribution in [0.25, 0.3) is 6.08 Å². The number of nitrogens with one attached hydrogen (secondary N) is 1. The Bertz CT molecular complexity index is 757. The molecule has 0 bridgehead atoms. The zero-order chi connectivity index (χ0) is 16.1. The summed E-state index contributed by atoms with van der Waals surface area (Å²) in [6.45, 7) is 0. The van der Waals surface area contributed by atoms with Gasteiger partial charge in [0.05, 0.1) is 0 Å². The molecule has 5 nitrogen and oxygen atoms in total. The van der Waals surface area contributed by atoms with Crippen molar-refractivity contribution in [3.8, 4) is 6.07 Å². The van der Waals surface area contributed by atoms with Gasteiger partial charge >= 0.3 is 0 Å². The van der Waals surface area contributed by atoms with Crippen LogP contribution in [0.2, 0.25) is 5.02 Å². The molecule has 2 rings (SSSR count). The molecule has 0 aliphatic carbocycles. The van der Waals surface area contributed by atoms with E-state index in [4.69, 9.17) is 21.3 Å². The largest absolute Gasteiger partial charge is 0.441 e. The third-order valence-corrected chi connectivity index (χ3v) is 3.02. The van der Waals surface area contributed by atoms with Crippen molar-refractivity contribution in [3.05, 3.63) is 52.8 Å². The van der Waals surface area contributed by atoms with Crippen molar-refractivity contribution < 1.29 is 9.21 Å². The van der Waals surface area contributed by atoms with Crippen LogP contribution in [0.5, 0.6) is 0 Å². The topological polar surface area (TPSA) is 69.3 Å². The van der Waals surface area contributed by atoms with Gasteiger partial charge in [-0.25, -0.2) is 0 Å². The maximum atomic E-state index is 12.1. The van der Waals surface area contributed by atoms with Gasteiger partial charge in [0.15, 0.2) is 5.88 Å². The van der Waals surface area contributed by atoms with Crippen LogP contribution in [0, 0.1) is 11.3 Å². The number of benzene rings is 1. The predicted octanol–water partition coefficient (Wildman–Crippen LogP) is 3.54. The number of halogens is 1. The standard InChI is InChI=1S/C16H14ClN3O2/c1-20(2)15-7-6-14(22-15)8-11(10-18)16(21)19-13-5-3-4-12(17)9-13/h3-9H,1-2H3,(H,19,21)/b11-8+. The molecule has 0 radical (unpaired) electrons. The van der Waals surface area contributed by atoms with Crippen LogP contribution in [0.1, 0.15) is 5.76 Å². The number of furan rings is 1. The van der Waals surface area contributed by atoms with E-state index in [1.54, 1.807) is 41.3 Å². The zero-order valence-corrected chi connectivity index (χ0v) is 12.9. The number of nitriles is 1. The smallest absolute Gasteiger partial charge is 0.266 e. The summed E-state index contributed by atoms with van der Waals surface area (Å²) in [6.07, 6.45) is 1.40. The molecular weight excluding hydrogens is 302 g/mol. The summed E-state index contributed by atoms with van der Waals surface area (Å²) < 4.78 is 5.49. The van der Waals surface area contributed by atoms with Gasteiger partial charge in [0, 0.05) is 36.9 Å². The summed E-state index contributed by atoms with van der Waals surface area (Å²) >= 11 is 5.85.